The van der Waals surface area contributed by atoms with Crippen molar-refractivity contribution in [3.05, 3.63) is 41.7 Å². The maximum absolute atomic E-state index is 11.8. The van der Waals surface area contributed by atoms with Crippen LogP contribution in [0, 0.1) is 6.92 Å². The molecule has 0 saturated heterocycles. The summed E-state index contributed by atoms with van der Waals surface area (Å²) in [5.74, 6) is 1.79. The van der Waals surface area contributed by atoms with Crippen LogP contribution in [0.25, 0.3) is 0 Å². The number of aryl methyl sites for hydroxylation is 1. The lowest BCUT2D eigenvalue weighted by Gasteiger charge is -2.13. The predicted molar refractivity (Wildman–Crippen MR) is 79.5 cm³/mol. The molecule has 0 aromatic heterocycles. The summed E-state index contributed by atoms with van der Waals surface area (Å²) in [5.41, 5.74) is 2.11. The van der Waals surface area contributed by atoms with Crippen molar-refractivity contribution in [2.24, 2.45) is 0 Å². The molecule has 0 N–H and O–H groups in total. The van der Waals surface area contributed by atoms with Gasteiger partial charge in [-0.1, -0.05) is 38.1 Å². The summed E-state index contributed by atoms with van der Waals surface area (Å²) in [4.78, 5) is 11.8. The van der Waals surface area contributed by atoms with Gasteiger partial charge in [-0.2, -0.15) is 0 Å². The molecule has 0 fully saturated rings. The third kappa shape index (κ3) is 5.29. The highest BCUT2D eigenvalue weighted by Gasteiger charge is 2.10. The summed E-state index contributed by atoms with van der Waals surface area (Å²) in [7, 11) is 0. The molecular formula is C17H24O2. The lowest BCUT2D eigenvalue weighted by molar-refractivity contribution is -0.118. The minimum atomic E-state index is 0.263. The maximum Gasteiger partial charge on any atom is 0.137 e. The molecule has 1 rings (SSSR count). The molecule has 0 aliphatic heterocycles. The van der Waals surface area contributed by atoms with Gasteiger partial charge in [0.15, 0.2) is 0 Å². The molecule has 0 saturated carbocycles. The lowest BCUT2D eigenvalue weighted by atomic mass is 10.0. The third-order valence-electron chi connectivity index (χ3n) is 2.92. The van der Waals surface area contributed by atoms with E-state index in [-0.39, 0.29) is 5.78 Å². The molecule has 0 heterocycles. The van der Waals surface area contributed by atoms with Gasteiger partial charge in [0.2, 0.25) is 0 Å². The Labute approximate surface area is 116 Å². The number of rotatable bonds is 8. The van der Waals surface area contributed by atoms with E-state index < -0.39 is 0 Å². The summed E-state index contributed by atoms with van der Waals surface area (Å²) in [6.07, 6.45) is 3.82. The first-order valence-electron chi connectivity index (χ1n) is 7.03. The van der Waals surface area contributed by atoms with Gasteiger partial charge in [0.05, 0.1) is 5.76 Å². The summed E-state index contributed by atoms with van der Waals surface area (Å²) in [6, 6.07) is 5.97. The number of allylic oxidation sites excluding steroid dienone is 1. The van der Waals surface area contributed by atoms with Crippen molar-refractivity contribution >= 4 is 5.78 Å². The number of hydrogen-bond donors (Lipinski definition) is 0. The van der Waals surface area contributed by atoms with E-state index in [0.29, 0.717) is 12.8 Å². The van der Waals surface area contributed by atoms with Crippen LogP contribution in [0.4, 0.5) is 0 Å². The van der Waals surface area contributed by atoms with Crippen molar-refractivity contribution in [3.63, 3.8) is 0 Å². The summed E-state index contributed by atoms with van der Waals surface area (Å²) >= 11 is 0. The first-order valence-corrected chi connectivity index (χ1v) is 7.03. The molecule has 19 heavy (non-hydrogen) atoms. The van der Waals surface area contributed by atoms with Crippen molar-refractivity contribution < 1.29 is 9.53 Å². The van der Waals surface area contributed by atoms with Crippen molar-refractivity contribution in [2.75, 3.05) is 0 Å². The number of ether oxygens (including phenoxy) is 1. The standard InChI is InChI=1S/C17H24O2/c1-5-7-14(4)19-17-10-9-13(3)11-15(17)12-16(18)8-6-2/h9-11H,4-8,12H2,1-3H3. The Morgan fingerprint density at radius 1 is 1.21 bits per heavy atom. The zero-order chi connectivity index (χ0) is 14.3. The van der Waals surface area contributed by atoms with Gasteiger partial charge < -0.3 is 4.74 Å². The predicted octanol–water partition coefficient (Wildman–Crippen LogP) is 4.60. The number of Topliss-reactive ketones (excluding diaryl/α,β-unsaturated/α-hetero) is 1. The van der Waals surface area contributed by atoms with Crippen LogP contribution in [0.2, 0.25) is 0 Å². The molecular weight excluding hydrogens is 236 g/mol. The summed E-state index contributed by atoms with van der Waals surface area (Å²) < 4.78 is 5.77. The van der Waals surface area contributed by atoms with Gasteiger partial charge in [0.25, 0.3) is 0 Å². The third-order valence-corrected chi connectivity index (χ3v) is 2.92. The van der Waals surface area contributed by atoms with Gasteiger partial charge in [-0.05, 0) is 25.8 Å². The molecule has 104 valence electrons. The smallest absolute Gasteiger partial charge is 0.137 e. The van der Waals surface area contributed by atoms with Crippen LogP contribution in [-0.2, 0) is 11.2 Å². The highest BCUT2D eigenvalue weighted by atomic mass is 16.5. The first kappa shape index (κ1) is 15.5. The molecule has 0 amide bonds. The minimum absolute atomic E-state index is 0.263. The van der Waals surface area contributed by atoms with Gasteiger partial charge in [0, 0.05) is 24.8 Å². The Morgan fingerprint density at radius 3 is 2.53 bits per heavy atom. The topological polar surface area (TPSA) is 26.3 Å². The number of hydrogen-bond acceptors (Lipinski definition) is 2. The lowest BCUT2D eigenvalue weighted by Crippen LogP contribution is -2.05. The second-order valence-corrected chi connectivity index (χ2v) is 4.97. The highest BCUT2D eigenvalue weighted by molar-refractivity contribution is 5.81. The zero-order valence-corrected chi connectivity index (χ0v) is 12.3. The quantitative estimate of drug-likeness (QED) is 0.638. The summed E-state index contributed by atoms with van der Waals surface area (Å²) in [6.45, 7) is 10.1. The molecule has 0 radical (unpaired) electrons. The van der Waals surface area contributed by atoms with E-state index in [0.717, 1.165) is 41.9 Å². The largest absolute Gasteiger partial charge is 0.462 e. The van der Waals surface area contributed by atoms with Gasteiger partial charge >= 0.3 is 0 Å². The van der Waals surface area contributed by atoms with E-state index >= 15 is 0 Å². The second-order valence-electron chi connectivity index (χ2n) is 4.97. The van der Waals surface area contributed by atoms with Crippen LogP contribution in [0.15, 0.2) is 30.5 Å². The fourth-order valence-electron chi connectivity index (χ4n) is 2.01. The Morgan fingerprint density at radius 2 is 1.89 bits per heavy atom. The Balaban J connectivity index is 2.85. The molecule has 0 spiro atoms. The molecule has 2 nitrogen and oxygen atoms in total. The maximum atomic E-state index is 11.8. The van der Waals surface area contributed by atoms with E-state index in [1.54, 1.807) is 0 Å². The SMILES string of the molecule is C=C(CCC)Oc1ccc(C)cc1CC(=O)CCC. The van der Waals surface area contributed by atoms with Crippen molar-refractivity contribution in [2.45, 2.75) is 52.9 Å². The molecule has 0 aliphatic rings. The van der Waals surface area contributed by atoms with Gasteiger partial charge in [0.1, 0.15) is 11.5 Å². The normalized spacial score (nSPS) is 10.3. The average Bonchev–Trinajstić information content (AvgIpc) is 2.33. The molecule has 1 aromatic rings. The van der Waals surface area contributed by atoms with Crippen LogP contribution in [0.3, 0.4) is 0 Å². The number of carbonyl (C=O) groups excluding carboxylic acids is 1. The number of benzene rings is 1. The molecule has 0 unspecified atom stereocenters. The molecule has 0 aliphatic carbocycles. The molecule has 0 bridgehead atoms. The second kappa shape index (κ2) is 7.78. The Bertz CT molecular complexity index is 447. The molecule has 0 atom stereocenters. The minimum Gasteiger partial charge on any atom is -0.462 e. The first-order chi connectivity index (χ1) is 9.06. The van der Waals surface area contributed by atoms with E-state index in [1.165, 1.54) is 0 Å². The number of ketones is 1. The van der Waals surface area contributed by atoms with Crippen LogP contribution in [0.1, 0.15) is 50.7 Å². The van der Waals surface area contributed by atoms with Crippen molar-refractivity contribution in [1.29, 1.82) is 0 Å². The van der Waals surface area contributed by atoms with E-state index in [2.05, 4.69) is 13.5 Å². The fourth-order valence-corrected chi connectivity index (χ4v) is 2.01. The Kier molecular flexibility index (Phi) is 6.34. The molecule has 2 heteroatoms. The van der Waals surface area contributed by atoms with E-state index in [1.807, 2.05) is 32.0 Å². The zero-order valence-electron chi connectivity index (χ0n) is 12.3. The van der Waals surface area contributed by atoms with Gasteiger partial charge in [-0.25, -0.2) is 0 Å². The summed E-state index contributed by atoms with van der Waals surface area (Å²) in [5, 5.41) is 0. The van der Waals surface area contributed by atoms with Crippen LogP contribution in [0.5, 0.6) is 5.75 Å². The Hall–Kier alpha value is -1.57. The van der Waals surface area contributed by atoms with Gasteiger partial charge in [-0.3, -0.25) is 4.79 Å². The van der Waals surface area contributed by atoms with Crippen LogP contribution >= 0.6 is 0 Å². The van der Waals surface area contributed by atoms with Crippen molar-refractivity contribution in [3.8, 4) is 5.75 Å². The highest BCUT2D eigenvalue weighted by Crippen LogP contribution is 2.24. The number of carbonyl (C=O) groups is 1. The van der Waals surface area contributed by atoms with Gasteiger partial charge in [-0.15, -0.1) is 0 Å². The van der Waals surface area contributed by atoms with E-state index in [9.17, 15) is 4.79 Å². The monoisotopic (exact) mass is 260 g/mol. The van der Waals surface area contributed by atoms with E-state index in [4.69, 9.17) is 4.74 Å². The fraction of sp³-hybridized carbons (Fsp3) is 0.471. The van der Waals surface area contributed by atoms with Crippen molar-refractivity contribution in [1.82, 2.24) is 0 Å². The molecule has 1 aromatic carbocycles. The van der Waals surface area contributed by atoms with Crippen LogP contribution in [-0.4, -0.2) is 5.78 Å². The van der Waals surface area contributed by atoms with Crippen LogP contribution < -0.4 is 4.74 Å². The average molecular weight is 260 g/mol.